The Balaban J connectivity index is 2.57. The van der Waals surface area contributed by atoms with Crippen LogP contribution in [0.1, 0.15) is 40.5 Å². The first-order valence-electron chi connectivity index (χ1n) is 6.78. The molecule has 0 aromatic rings. The summed E-state index contributed by atoms with van der Waals surface area (Å²) in [5.41, 5.74) is 0. The van der Waals surface area contributed by atoms with E-state index in [1.54, 1.807) is 18.7 Å². The van der Waals surface area contributed by atoms with Gasteiger partial charge in [-0.05, 0) is 39.5 Å². The molecular weight excluding hydrogens is 264 g/mol. The highest BCUT2D eigenvalue weighted by Gasteiger charge is 2.32. The first kappa shape index (κ1) is 16.3. The van der Waals surface area contributed by atoms with Crippen LogP contribution in [0.3, 0.4) is 0 Å². The van der Waals surface area contributed by atoms with Crippen molar-refractivity contribution in [3.05, 3.63) is 0 Å². The van der Waals surface area contributed by atoms with E-state index >= 15 is 0 Å². The van der Waals surface area contributed by atoms with Crippen LogP contribution in [0.2, 0.25) is 0 Å². The second kappa shape index (κ2) is 5.69. The summed E-state index contributed by atoms with van der Waals surface area (Å²) < 4.78 is 22.2. The van der Waals surface area contributed by atoms with Crippen LogP contribution >= 0.6 is 0 Å². The molecule has 1 N–H and O–H groups in total. The number of amides is 2. The molecule has 1 heterocycles. The molecule has 0 unspecified atom stereocenters. The van der Waals surface area contributed by atoms with Crippen LogP contribution in [-0.2, 0) is 9.84 Å². The maximum atomic E-state index is 12.1. The number of likely N-dealkylation sites (tertiary alicyclic amines) is 1. The lowest BCUT2D eigenvalue weighted by Crippen LogP contribution is -2.52. The maximum absolute atomic E-state index is 12.1. The lowest BCUT2D eigenvalue weighted by molar-refractivity contribution is 0.139. The molecule has 1 aliphatic rings. The molecule has 0 saturated carbocycles. The molecule has 1 rings (SSSR count). The quantitative estimate of drug-likeness (QED) is 0.859. The molecule has 19 heavy (non-hydrogen) atoms. The highest BCUT2D eigenvalue weighted by Crippen LogP contribution is 2.22. The van der Waals surface area contributed by atoms with Gasteiger partial charge in [-0.25, -0.2) is 13.2 Å². The van der Waals surface area contributed by atoms with Crippen molar-refractivity contribution >= 4 is 15.9 Å². The van der Waals surface area contributed by atoms with Crippen molar-refractivity contribution in [3.8, 4) is 0 Å². The smallest absolute Gasteiger partial charge is 0.317 e. The van der Waals surface area contributed by atoms with E-state index in [-0.39, 0.29) is 18.6 Å². The average molecular weight is 290 g/mol. The number of urea groups is 1. The molecule has 1 saturated heterocycles. The van der Waals surface area contributed by atoms with Gasteiger partial charge in [-0.3, -0.25) is 0 Å². The van der Waals surface area contributed by atoms with Crippen LogP contribution < -0.4 is 5.32 Å². The number of piperidine rings is 1. The lowest BCUT2D eigenvalue weighted by Gasteiger charge is -2.37. The van der Waals surface area contributed by atoms with E-state index in [0.29, 0.717) is 5.92 Å². The molecule has 1 aliphatic heterocycles. The monoisotopic (exact) mass is 290 g/mol. The maximum Gasteiger partial charge on any atom is 0.317 e. The molecule has 0 radical (unpaired) electrons. The molecule has 112 valence electrons. The SMILES string of the molecule is C[C@H]1CCN(C(=O)NCC(C)(C)S(C)(=O)=O)[C@H](C)C1. The Morgan fingerprint density at radius 1 is 1.37 bits per heavy atom. The van der Waals surface area contributed by atoms with E-state index in [9.17, 15) is 13.2 Å². The van der Waals surface area contributed by atoms with Crippen LogP contribution in [0.4, 0.5) is 4.79 Å². The molecule has 1 fully saturated rings. The summed E-state index contributed by atoms with van der Waals surface area (Å²) in [4.78, 5) is 13.9. The Labute approximate surface area is 116 Å². The van der Waals surface area contributed by atoms with Crippen LogP contribution in [0, 0.1) is 5.92 Å². The molecule has 0 spiro atoms. The number of sulfone groups is 1. The van der Waals surface area contributed by atoms with Gasteiger partial charge in [-0.1, -0.05) is 6.92 Å². The summed E-state index contributed by atoms with van der Waals surface area (Å²) in [6.07, 6.45) is 3.21. The van der Waals surface area contributed by atoms with Gasteiger partial charge in [0.25, 0.3) is 0 Å². The van der Waals surface area contributed by atoms with Gasteiger partial charge in [0.1, 0.15) is 0 Å². The number of nitrogens with one attached hydrogen (secondary N) is 1. The summed E-state index contributed by atoms with van der Waals surface area (Å²) in [6.45, 7) is 8.38. The molecule has 5 nitrogen and oxygen atoms in total. The van der Waals surface area contributed by atoms with E-state index in [1.807, 2.05) is 6.92 Å². The number of rotatable bonds is 3. The van der Waals surface area contributed by atoms with Crippen molar-refractivity contribution in [1.82, 2.24) is 10.2 Å². The van der Waals surface area contributed by atoms with Gasteiger partial charge in [-0.2, -0.15) is 0 Å². The minimum atomic E-state index is -3.18. The van der Waals surface area contributed by atoms with Gasteiger partial charge in [0.15, 0.2) is 9.84 Å². The van der Waals surface area contributed by atoms with E-state index in [2.05, 4.69) is 12.2 Å². The zero-order chi connectivity index (χ0) is 14.8. The minimum absolute atomic E-state index is 0.142. The largest absolute Gasteiger partial charge is 0.336 e. The number of hydrogen-bond acceptors (Lipinski definition) is 3. The fraction of sp³-hybridized carbons (Fsp3) is 0.923. The van der Waals surface area contributed by atoms with Crippen LogP contribution in [-0.4, -0.2) is 49.5 Å². The second-order valence-electron chi connectivity index (χ2n) is 6.36. The first-order valence-corrected chi connectivity index (χ1v) is 8.68. The van der Waals surface area contributed by atoms with Crippen molar-refractivity contribution in [2.45, 2.75) is 51.3 Å². The Bertz CT molecular complexity index is 431. The third kappa shape index (κ3) is 4.09. The van der Waals surface area contributed by atoms with E-state index < -0.39 is 14.6 Å². The minimum Gasteiger partial charge on any atom is -0.336 e. The van der Waals surface area contributed by atoms with Gasteiger partial charge in [-0.15, -0.1) is 0 Å². The van der Waals surface area contributed by atoms with Crippen molar-refractivity contribution in [2.24, 2.45) is 5.92 Å². The average Bonchev–Trinajstić information content (AvgIpc) is 2.24. The zero-order valence-electron chi connectivity index (χ0n) is 12.6. The van der Waals surface area contributed by atoms with Crippen molar-refractivity contribution < 1.29 is 13.2 Å². The second-order valence-corrected chi connectivity index (χ2v) is 9.01. The van der Waals surface area contributed by atoms with Gasteiger partial charge in [0.05, 0.1) is 4.75 Å². The summed E-state index contributed by atoms with van der Waals surface area (Å²) in [6, 6.07) is 0.0567. The van der Waals surface area contributed by atoms with Crippen molar-refractivity contribution in [3.63, 3.8) is 0 Å². The third-order valence-electron chi connectivity index (χ3n) is 4.07. The molecule has 0 bridgehead atoms. The van der Waals surface area contributed by atoms with Crippen LogP contribution in [0.15, 0.2) is 0 Å². The molecule has 0 aliphatic carbocycles. The van der Waals surface area contributed by atoms with Crippen molar-refractivity contribution in [2.75, 3.05) is 19.3 Å². The molecule has 0 aromatic carbocycles. The standard InChI is InChI=1S/C13H26N2O3S/c1-10-6-7-15(11(2)8-10)12(16)14-9-13(3,4)19(5,17)18/h10-11H,6-9H2,1-5H3,(H,14,16)/t10-,11+/m0/s1. The highest BCUT2D eigenvalue weighted by molar-refractivity contribution is 7.92. The van der Waals surface area contributed by atoms with Crippen molar-refractivity contribution in [1.29, 1.82) is 0 Å². The Kier molecular flexibility index (Phi) is 4.87. The van der Waals surface area contributed by atoms with E-state index in [4.69, 9.17) is 0 Å². The topological polar surface area (TPSA) is 66.5 Å². The fourth-order valence-electron chi connectivity index (χ4n) is 2.23. The lowest BCUT2D eigenvalue weighted by atomic mass is 9.94. The number of carbonyl (C=O) groups is 1. The van der Waals surface area contributed by atoms with Crippen LogP contribution in [0.5, 0.6) is 0 Å². The highest BCUT2D eigenvalue weighted by atomic mass is 32.2. The van der Waals surface area contributed by atoms with Gasteiger partial charge in [0.2, 0.25) is 0 Å². The van der Waals surface area contributed by atoms with E-state index in [1.165, 1.54) is 6.26 Å². The molecule has 0 aromatic heterocycles. The Hall–Kier alpha value is -0.780. The van der Waals surface area contributed by atoms with Gasteiger partial charge >= 0.3 is 6.03 Å². The Morgan fingerprint density at radius 2 is 1.95 bits per heavy atom. The van der Waals surface area contributed by atoms with Crippen LogP contribution in [0.25, 0.3) is 0 Å². The summed E-state index contributed by atoms with van der Waals surface area (Å²) in [7, 11) is -3.18. The fourth-order valence-corrected chi connectivity index (χ4v) is 2.56. The molecule has 2 atom stereocenters. The number of nitrogens with zero attached hydrogens (tertiary/aromatic N) is 1. The summed E-state index contributed by atoms with van der Waals surface area (Å²) >= 11 is 0. The predicted octanol–water partition coefficient (Wildman–Crippen LogP) is 1.64. The molecule has 2 amide bonds. The van der Waals surface area contributed by atoms with E-state index in [0.717, 1.165) is 19.4 Å². The first-order chi connectivity index (χ1) is 8.54. The third-order valence-corrected chi connectivity index (χ3v) is 6.22. The molecular formula is C13H26N2O3S. The Morgan fingerprint density at radius 3 is 2.42 bits per heavy atom. The number of hydrogen-bond donors (Lipinski definition) is 1. The molecule has 6 heteroatoms. The number of carbonyl (C=O) groups excluding carboxylic acids is 1. The predicted molar refractivity (Wildman–Crippen MR) is 76.9 cm³/mol. The van der Waals surface area contributed by atoms with Gasteiger partial charge in [0, 0.05) is 25.4 Å². The summed E-state index contributed by atoms with van der Waals surface area (Å²) in [5.74, 6) is 0.645. The summed E-state index contributed by atoms with van der Waals surface area (Å²) in [5, 5.41) is 2.75. The zero-order valence-corrected chi connectivity index (χ0v) is 13.4. The van der Waals surface area contributed by atoms with Gasteiger partial charge < -0.3 is 10.2 Å². The normalized spacial score (nSPS) is 25.2.